The summed E-state index contributed by atoms with van der Waals surface area (Å²) in [5, 5.41) is 8.30. The molecular weight excluding hydrogens is 412 g/mol. The first-order chi connectivity index (χ1) is 14.9. The summed E-state index contributed by atoms with van der Waals surface area (Å²) in [5.74, 6) is -0.0424. The average Bonchev–Trinajstić information content (AvgIpc) is 2.78. The fourth-order valence-corrected chi connectivity index (χ4v) is 4.60. The van der Waals surface area contributed by atoms with Crippen LogP contribution < -0.4 is 9.62 Å². The Balaban J connectivity index is 1.50. The number of rotatable bonds is 5. The van der Waals surface area contributed by atoms with Gasteiger partial charge in [-0.05, 0) is 73.0 Å². The second-order valence-corrected chi connectivity index (χ2v) is 8.94. The summed E-state index contributed by atoms with van der Waals surface area (Å²) in [4.78, 5) is 13.7. The highest BCUT2D eigenvalue weighted by Gasteiger charge is 2.23. The number of benzene rings is 3. The van der Waals surface area contributed by atoms with Gasteiger partial charge in [-0.1, -0.05) is 18.2 Å². The molecule has 0 radical (unpaired) electrons. The lowest BCUT2D eigenvalue weighted by Crippen LogP contribution is -2.33. The minimum absolute atomic E-state index is 0.0424. The SMILES string of the molecule is CC(=O)N1CCCc2cc(S(=O)(=O)Nc3ccc(N=Nc4ccccc4)cc3)ccc21. The molecule has 8 heteroatoms. The van der Waals surface area contributed by atoms with Crippen molar-refractivity contribution >= 4 is 38.7 Å². The minimum Gasteiger partial charge on any atom is -0.312 e. The number of carbonyl (C=O) groups excluding carboxylic acids is 1. The van der Waals surface area contributed by atoms with E-state index in [2.05, 4.69) is 15.0 Å². The molecule has 3 aromatic carbocycles. The Morgan fingerprint density at radius 1 is 0.935 bits per heavy atom. The van der Waals surface area contributed by atoms with Crippen molar-refractivity contribution < 1.29 is 13.2 Å². The molecule has 7 nitrogen and oxygen atoms in total. The molecular formula is C23H22N4O3S. The summed E-state index contributed by atoms with van der Waals surface area (Å²) in [7, 11) is -3.76. The maximum Gasteiger partial charge on any atom is 0.261 e. The van der Waals surface area contributed by atoms with Gasteiger partial charge in [0.25, 0.3) is 10.0 Å². The lowest BCUT2D eigenvalue weighted by molar-refractivity contribution is -0.116. The van der Waals surface area contributed by atoms with E-state index in [9.17, 15) is 13.2 Å². The molecule has 0 aromatic heterocycles. The molecule has 31 heavy (non-hydrogen) atoms. The summed E-state index contributed by atoms with van der Waals surface area (Å²) >= 11 is 0. The van der Waals surface area contributed by atoms with Crippen molar-refractivity contribution in [1.82, 2.24) is 0 Å². The van der Waals surface area contributed by atoms with Crippen molar-refractivity contribution in [3.63, 3.8) is 0 Å². The molecule has 1 aliphatic heterocycles. The quantitative estimate of drug-likeness (QED) is 0.559. The zero-order valence-corrected chi connectivity index (χ0v) is 17.8. The summed E-state index contributed by atoms with van der Waals surface area (Å²) in [6.07, 6.45) is 1.55. The average molecular weight is 435 g/mol. The van der Waals surface area contributed by atoms with Crippen molar-refractivity contribution in [3.8, 4) is 0 Å². The Hall–Kier alpha value is -3.52. The van der Waals surface area contributed by atoms with Gasteiger partial charge in [-0.3, -0.25) is 9.52 Å². The molecule has 0 aliphatic carbocycles. The molecule has 0 saturated heterocycles. The number of nitrogens with zero attached hydrogens (tertiary/aromatic N) is 3. The third kappa shape index (κ3) is 4.80. The number of hydrogen-bond donors (Lipinski definition) is 1. The summed E-state index contributed by atoms with van der Waals surface area (Å²) in [6.45, 7) is 2.17. The monoisotopic (exact) mass is 434 g/mol. The van der Waals surface area contributed by atoms with Gasteiger partial charge in [-0.2, -0.15) is 10.2 Å². The smallest absolute Gasteiger partial charge is 0.261 e. The van der Waals surface area contributed by atoms with Crippen LogP contribution in [0.5, 0.6) is 0 Å². The highest BCUT2D eigenvalue weighted by atomic mass is 32.2. The second kappa shape index (κ2) is 8.69. The predicted octanol–water partition coefficient (Wildman–Crippen LogP) is 5.20. The van der Waals surface area contributed by atoms with E-state index < -0.39 is 10.0 Å². The van der Waals surface area contributed by atoms with E-state index in [1.807, 2.05) is 30.3 Å². The molecule has 1 amide bonds. The number of sulfonamides is 1. The molecule has 1 heterocycles. The number of nitrogens with one attached hydrogen (secondary N) is 1. The van der Waals surface area contributed by atoms with E-state index in [1.165, 1.54) is 13.0 Å². The van der Waals surface area contributed by atoms with Crippen LogP contribution in [0.3, 0.4) is 0 Å². The van der Waals surface area contributed by atoms with Crippen LogP contribution in [0.25, 0.3) is 0 Å². The first-order valence-electron chi connectivity index (χ1n) is 9.93. The highest BCUT2D eigenvalue weighted by Crippen LogP contribution is 2.30. The van der Waals surface area contributed by atoms with E-state index in [0.29, 0.717) is 17.9 Å². The summed E-state index contributed by atoms with van der Waals surface area (Å²) < 4.78 is 28.3. The largest absolute Gasteiger partial charge is 0.312 e. The fraction of sp³-hybridized carbons (Fsp3) is 0.174. The van der Waals surface area contributed by atoms with Crippen LogP contribution in [0.15, 0.2) is 87.9 Å². The van der Waals surface area contributed by atoms with Crippen molar-refractivity contribution in [3.05, 3.63) is 78.4 Å². The maximum atomic E-state index is 12.9. The van der Waals surface area contributed by atoms with Gasteiger partial charge < -0.3 is 4.90 Å². The van der Waals surface area contributed by atoms with Crippen LogP contribution in [0, 0.1) is 0 Å². The highest BCUT2D eigenvalue weighted by molar-refractivity contribution is 7.92. The Bertz CT molecular complexity index is 1220. The molecule has 0 bridgehead atoms. The molecule has 0 atom stereocenters. The lowest BCUT2D eigenvalue weighted by atomic mass is 10.0. The van der Waals surface area contributed by atoms with E-state index in [4.69, 9.17) is 0 Å². The van der Waals surface area contributed by atoms with Crippen molar-refractivity contribution in [2.24, 2.45) is 10.2 Å². The van der Waals surface area contributed by atoms with Crippen molar-refractivity contribution in [1.29, 1.82) is 0 Å². The number of amides is 1. The molecule has 0 unspecified atom stereocenters. The summed E-state index contributed by atoms with van der Waals surface area (Å²) in [6, 6.07) is 20.9. The molecule has 0 spiro atoms. The Labute approximate surface area is 181 Å². The Kier molecular flexibility index (Phi) is 5.81. The van der Waals surface area contributed by atoms with Gasteiger partial charge in [-0.15, -0.1) is 0 Å². The molecule has 4 rings (SSSR count). The number of carbonyl (C=O) groups is 1. The van der Waals surface area contributed by atoms with E-state index in [0.717, 1.165) is 29.8 Å². The van der Waals surface area contributed by atoms with E-state index in [-0.39, 0.29) is 10.8 Å². The zero-order chi connectivity index (χ0) is 21.8. The normalized spacial score (nSPS) is 13.8. The predicted molar refractivity (Wildman–Crippen MR) is 121 cm³/mol. The maximum absolute atomic E-state index is 12.9. The molecule has 0 saturated carbocycles. The van der Waals surface area contributed by atoms with Gasteiger partial charge in [0, 0.05) is 24.8 Å². The third-order valence-electron chi connectivity index (χ3n) is 5.02. The van der Waals surface area contributed by atoms with Crippen molar-refractivity contribution in [2.45, 2.75) is 24.7 Å². The fourth-order valence-electron chi connectivity index (χ4n) is 3.49. The number of hydrogen-bond acceptors (Lipinski definition) is 5. The number of aryl methyl sites for hydroxylation is 1. The number of fused-ring (bicyclic) bond motifs is 1. The molecule has 0 fully saturated rings. The standard InChI is InChI=1S/C23H22N4O3S/c1-17(28)27-15-5-6-18-16-22(13-14-23(18)27)31(29,30)26-21-11-9-20(10-12-21)25-24-19-7-3-2-4-8-19/h2-4,7-14,16,26H,5-6,15H2,1H3. The van der Waals surface area contributed by atoms with Crippen LogP contribution in [0.4, 0.5) is 22.7 Å². The molecule has 158 valence electrons. The van der Waals surface area contributed by atoms with Gasteiger partial charge in [0.05, 0.1) is 16.3 Å². The van der Waals surface area contributed by atoms with Gasteiger partial charge in [0.15, 0.2) is 0 Å². The van der Waals surface area contributed by atoms with E-state index in [1.54, 1.807) is 41.3 Å². The topological polar surface area (TPSA) is 91.2 Å². The van der Waals surface area contributed by atoms with Crippen LogP contribution in [0.1, 0.15) is 18.9 Å². The van der Waals surface area contributed by atoms with E-state index >= 15 is 0 Å². The van der Waals surface area contributed by atoms with Crippen LogP contribution in [0.2, 0.25) is 0 Å². The Morgan fingerprint density at radius 3 is 2.29 bits per heavy atom. The van der Waals surface area contributed by atoms with Crippen molar-refractivity contribution in [2.75, 3.05) is 16.2 Å². The first-order valence-corrected chi connectivity index (χ1v) is 11.4. The molecule has 3 aromatic rings. The second-order valence-electron chi connectivity index (χ2n) is 7.25. The zero-order valence-electron chi connectivity index (χ0n) is 17.0. The lowest BCUT2D eigenvalue weighted by Gasteiger charge is -2.28. The Morgan fingerprint density at radius 2 is 1.61 bits per heavy atom. The van der Waals surface area contributed by atoms with Crippen LogP contribution >= 0.6 is 0 Å². The van der Waals surface area contributed by atoms with Crippen LogP contribution in [-0.2, 0) is 21.2 Å². The number of azo groups is 1. The summed E-state index contributed by atoms with van der Waals surface area (Å²) in [5.41, 5.74) is 3.43. The van der Waals surface area contributed by atoms with Gasteiger partial charge in [0.1, 0.15) is 0 Å². The minimum atomic E-state index is -3.76. The molecule has 1 N–H and O–H groups in total. The first kappa shape index (κ1) is 20.7. The van der Waals surface area contributed by atoms with Gasteiger partial charge in [-0.25, -0.2) is 8.42 Å². The van der Waals surface area contributed by atoms with Crippen LogP contribution in [-0.4, -0.2) is 20.9 Å². The van der Waals surface area contributed by atoms with Gasteiger partial charge >= 0.3 is 0 Å². The molecule has 1 aliphatic rings. The van der Waals surface area contributed by atoms with Gasteiger partial charge in [0.2, 0.25) is 5.91 Å². The number of anilines is 2. The third-order valence-corrected chi connectivity index (χ3v) is 6.40.